The SMILES string of the molecule is COc1ccc(N2C(=O)c3n[nH]c(CC(C)(C)C)c3C2c2ccc(F)cc2)cc1. The monoisotopic (exact) mass is 393 g/mol. The first-order valence-electron chi connectivity index (χ1n) is 9.59. The minimum absolute atomic E-state index is 0.0181. The first kappa shape index (κ1) is 19.2. The van der Waals surface area contributed by atoms with Crippen molar-refractivity contribution < 1.29 is 13.9 Å². The first-order chi connectivity index (χ1) is 13.8. The minimum Gasteiger partial charge on any atom is -0.497 e. The van der Waals surface area contributed by atoms with E-state index in [-0.39, 0.29) is 23.2 Å². The number of hydrogen-bond donors (Lipinski definition) is 1. The van der Waals surface area contributed by atoms with Crippen LogP contribution in [0.4, 0.5) is 10.1 Å². The number of fused-ring (bicyclic) bond motifs is 1. The molecule has 0 fully saturated rings. The van der Waals surface area contributed by atoms with E-state index in [1.54, 1.807) is 24.1 Å². The Hall–Kier alpha value is -3.15. The van der Waals surface area contributed by atoms with Crippen LogP contribution in [0.3, 0.4) is 0 Å². The van der Waals surface area contributed by atoms with E-state index in [0.717, 1.165) is 28.9 Å². The van der Waals surface area contributed by atoms with Crippen molar-refractivity contribution in [2.24, 2.45) is 5.41 Å². The molecule has 5 nitrogen and oxygen atoms in total. The minimum atomic E-state index is -0.373. The van der Waals surface area contributed by atoms with Gasteiger partial charge in [-0.05, 0) is 53.8 Å². The highest BCUT2D eigenvalue weighted by atomic mass is 19.1. The molecule has 1 amide bonds. The fourth-order valence-corrected chi connectivity index (χ4v) is 3.84. The van der Waals surface area contributed by atoms with Gasteiger partial charge in [0.15, 0.2) is 5.69 Å². The number of nitrogens with one attached hydrogen (secondary N) is 1. The Labute approximate surface area is 169 Å². The molecular weight excluding hydrogens is 369 g/mol. The Morgan fingerprint density at radius 3 is 2.34 bits per heavy atom. The number of ether oxygens (including phenoxy) is 1. The quantitative estimate of drug-likeness (QED) is 0.686. The summed E-state index contributed by atoms with van der Waals surface area (Å²) in [6.07, 6.45) is 0.747. The molecule has 1 atom stereocenters. The summed E-state index contributed by atoms with van der Waals surface area (Å²) in [6, 6.07) is 13.3. The smallest absolute Gasteiger partial charge is 0.279 e. The molecular formula is C23H24FN3O2. The third-order valence-corrected chi connectivity index (χ3v) is 5.08. The number of aromatic nitrogens is 2. The van der Waals surface area contributed by atoms with E-state index in [4.69, 9.17) is 4.74 Å². The van der Waals surface area contributed by atoms with Crippen LogP contribution in [0.15, 0.2) is 48.5 Å². The zero-order valence-corrected chi connectivity index (χ0v) is 17.0. The summed E-state index contributed by atoms with van der Waals surface area (Å²) >= 11 is 0. The van der Waals surface area contributed by atoms with Crippen molar-refractivity contribution in [3.63, 3.8) is 0 Å². The van der Waals surface area contributed by atoms with E-state index in [1.807, 2.05) is 24.3 Å². The molecule has 0 spiro atoms. The number of rotatable bonds is 4. The predicted molar refractivity (Wildman–Crippen MR) is 110 cm³/mol. The van der Waals surface area contributed by atoms with Gasteiger partial charge >= 0.3 is 0 Å². The maximum atomic E-state index is 13.6. The lowest BCUT2D eigenvalue weighted by Crippen LogP contribution is -2.29. The van der Waals surface area contributed by atoms with Crippen LogP contribution in [-0.2, 0) is 6.42 Å². The van der Waals surface area contributed by atoms with E-state index in [0.29, 0.717) is 11.4 Å². The van der Waals surface area contributed by atoms with Gasteiger partial charge in [-0.3, -0.25) is 14.8 Å². The highest BCUT2D eigenvalue weighted by molar-refractivity contribution is 6.10. The highest BCUT2D eigenvalue weighted by Gasteiger charge is 2.43. The van der Waals surface area contributed by atoms with Crippen LogP contribution in [0, 0.1) is 11.2 Å². The summed E-state index contributed by atoms with van der Waals surface area (Å²) in [4.78, 5) is 15.0. The van der Waals surface area contributed by atoms with Gasteiger partial charge in [0.1, 0.15) is 11.6 Å². The molecule has 1 unspecified atom stereocenters. The molecule has 6 heteroatoms. The highest BCUT2D eigenvalue weighted by Crippen LogP contribution is 2.43. The Balaban J connectivity index is 1.86. The molecule has 3 aromatic rings. The molecule has 1 aliphatic rings. The number of H-pyrrole nitrogens is 1. The third-order valence-electron chi connectivity index (χ3n) is 5.08. The second kappa shape index (κ2) is 7.03. The second-order valence-corrected chi connectivity index (χ2v) is 8.53. The summed E-state index contributed by atoms with van der Waals surface area (Å²) in [7, 11) is 1.60. The Bertz CT molecular complexity index is 1030. The summed E-state index contributed by atoms with van der Waals surface area (Å²) in [6.45, 7) is 6.43. The number of aromatic amines is 1. The van der Waals surface area contributed by atoms with Crippen LogP contribution in [0.25, 0.3) is 0 Å². The lowest BCUT2D eigenvalue weighted by Gasteiger charge is -2.27. The molecule has 29 heavy (non-hydrogen) atoms. The summed E-state index contributed by atoms with van der Waals surface area (Å²) in [5, 5.41) is 7.42. The zero-order valence-electron chi connectivity index (χ0n) is 17.0. The van der Waals surface area contributed by atoms with E-state index >= 15 is 0 Å². The normalized spacial score (nSPS) is 16.2. The van der Waals surface area contributed by atoms with Crippen LogP contribution in [0.1, 0.15) is 54.1 Å². The number of halogens is 1. The van der Waals surface area contributed by atoms with E-state index < -0.39 is 0 Å². The Kier molecular flexibility index (Phi) is 4.65. The topological polar surface area (TPSA) is 58.2 Å². The average molecular weight is 393 g/mol. The van der Waals surface area contributed by atoms with Gasteiger partial charge in [0.2, 0.25) is 0 Å². The van der Waals surface area contributed by atoms with Crippen LogP contribution in [-0.4, -0.2) is 23.2 Å². The molecule has 1 N–H and O–H groups in total. The lowest BCUT2D eigenvalue weighted by molar-refractivity contribution is 0.0988. The van der Waals surface area contributed by atoms with Crippen molar-refractivity contribution in [2.75, 3.05) is 12.0 Å². The number of hydrogen-bond acceptors (Lipinski definition) is 3. The number of nitrogens with zero attached hydrogens (tertiary/aromatic N) is 2. The van der Waals surface area contributed by atoms with E-state index in [9.17, 15) is 9.18 Å². The van der Waals surface area contributed by atoms with E-state index in [1.165, 1.54) is 12.1 Å². The zero-order chi connectivity index (χ0) is 20.8. The van der Waals surface area contributed by atoms with Crippen LogP contribution < -0.4 is 9.64 Å². The van der Waals surface area contributed by atoms with Crippen LogP contribution in [0.2, 0.25) is 0 Å². The number of methoxy groups -OCH3 is 1. The van der Waals surface area contributed by atoms with Crippen LogP contribution >= 0.6 is 0 Å². The fourth-order valence-electron chi connectivity index (χ4n) is 3.84. The molecule has 1 aliphatic heterocycles. The van der Waals surface area contributed by atoms with Crippen molar-refractivity contribution in [3.05, 3.63) is 76.9 Å². The number of benzene rings is 2. The number of amides is 1. The molecule has 0 saturated carbocycles. The van der Waals surface area contributed by atoms with Crippen molar-refractivity contribution in [1.82, 2.24) is 10.2 Å². The molecule has 0 bridgehead atoms. The van der Waals surface area contributed by atoms with Gasteiger partial charge in [-0.2, -0.15) is 5.10 Å². The lowest BCUT2D eigenvalue weighted by atomic mass is 9.87. The molecule has 0 saturated heterocycles. The number of carbonyl (C=O) groups is 1. The van der Waals surface area contributed by atoms with Crippen molar-refractivity contribution in [1.29, 1.82) is 0 Å². The average Bonchev–Trinajstić information content (AvgIpc) is 3.20. The number of carbonyl (C=O) groups excluding carboxylic acids is 1. The number of anilines is 1. The summed E-state index contributed by atoms with van der Waals surface area (Å²) < 4.78 is 18.8. The fraction of sp³-hybridized carbons (Fsp3) is 0.304. The standard InChI is InChI=1S/C23H24FN3O2/c1-23(2,3)13-18-19-20(26-25-18)22(28)27(16-9-11-17(29-4)12-10-16)21(19)14-5-7-15(24)8-6-14/h5-12,21H,13H2,1-4H3,(H,25,26). The molecule has 0 aliphatic carbocycles. The maximum absolute atomic E-state index is 13.6. The van der Waals surface area contributed by atoms with Gasteiger partial charge in [-0.1, -0.05) is 32.9 Å². The molecule has 4 rings (SSSR count). The molecule has 2 heterocycles. The molecule has 0 radical (unpaired) electrons. The van der Waals surface area contributed by atoms with Crippen molar-refractivity contribution in [2.45, 2.75) is 33.2 Å². The van der Waals surface area contributed by atoms with Crippen molar-refractivity contribution in [3.8, 4) is 5.75 Å². The molecule has 150 valence electrons. The summed E-state index contributed by atoms with van der Waals surface area (Å²) in [5.74, 6) is 0.234. The maximum Gasteiger partial charge on any atom is 0.279 e. The van der Waals surface area contributed by atoms with Gasteiger partial charge in [-0.25, -0.2) is 4.39 Å². The largest absolute Gasteiger partial charge is 0.497 e. The second-order valence-electron chi connectivity index (χ2n) is 8.53. The molecule has 2 aromatic carbocycles. The summed E-state index contributed by atoms with van der Waals surface area (Å²) in [5.41, 5.74) is 3.83. The predicted octanol–water partition coefficient (Wildman–Crippen LogP) is 4.90. The Morgan fingerprint density at radius 1 is 1.10 bits per heavy atom. The Morgan fingerprint density at radius 2 is 1.76 bits per heavy atom. The third kappa shape index (κ3) is 3.50. The molecule has 1 aromatic heterocycles. The van der Waals surface area contributed by atoms with Gasteiger partial charge in [0, 0.05) is 16.9 Å². The van der Waals surface area contributed by atoms with Gasteiger partial charge in [-0.15, -0.1) is 0 Å². The van der Waals surface area contributed by atoms with E-state index in [2.05, 4.69) is 31.0 Å². The first-order valence-corrected chi connectivity index (χ1v) is 9.59. The van der Waals surface area contributed by atoms with Gasteiger partial charge < -0.3 is 4.74 Å². The van der Waals surface area contributed by atoms with Gasteiger partial charge in [0.05, 0.1) is 13.2 Å². The van der Waals surface area contributed by atoms with Crippen LogP contribution in [0.5, 0.6) is 5.75 Å². The van der Waals surface area contributed by atoms with Gasteiger partial charge in [0.25, 0.3) is 5.91 Å². The van der Waals surface area contributed by atoms with Crippen molar-refractivity contribution >= 4 is 11.6 Å².